The van der Waals surface area contributed by atoms with E-state index in [4.69, 9.17) is 5.73 Å². The molecular formula is C13H18N4. The summed E-state index contributed by atoms with van der Waals surface area (Å²) in [4.78, 5) is 10.3. The molecule has 1 aliphatic carbocycles. The van der Waals surface area contributed by atoms with E-state index < -0.39 is 0 Å². The van der Waals surface area contributed by atoms with Gasteiger partial charge >= 0.3 is 0 Å². The molecule has 1 saturated carbocycles. The topological polar surface area (TPSA) is 57.9 Å². The van der Waals surface area contributed by atoms with Crippen LogP contribution in [0.2, 0.25) is 0 Å². The molecule has 4 nitrogen and oxygen atoms in total. The molecule has 4 heteroatoms. The number of likely N-dealkylation sites (N-methyl/N-ethyl adjacent to an activating group) is 1. The lowest BCUT2D eigenvalue weighted by molar-refractivity contribution is 0.326. The van der Waals surface area contributed by atoms with Crippen LogP contribution in [-0.2, 0) is 6.42 Å². The summed E-state index contributed by atoms with van der Waals surface area (Å²) in [5, 5.41) is 0. The highest BCUT2D eigenvalue weighted by atomic mass is 15.2. The predicted molar refractivity (Wildman–Crippen MR) is 69.9 cm³/mol. The van der Waals surface area contributed by atoms with Crippen LogP contribution in [0.25, 0.3) is 11.0 Å². The second-order valence-electron chi connectivity index (χ2n) is 4.92. The van der Waals surface area contributed by atoms with E-state index in [0.29, 0.717) is 0 Å². The van der Waals surface area contributed by atoms with Crippen LogP contribution in [0.4, 0.5) is 5.69 Å². The minimum Gasteiger partial charge on any atom is -0.399 e. The molecule has 3 rings (SSSR count). The average molecular weight is 230 g/mol. The van der Waals surface area contributed by atoms with Crippen LogP contribution in [0, 0.1) is 0 Å². The van der Waals surface area contributed by atoms with Crippen LogP contribution in [0.1, 0.15) is 18.7 Å². The SMILES string of the molecule is CN(CCc1nc2ccc(N)cc2[nH]1)C1CC1. The number of benzene rings is 1. The zero-order chi connectivity index (χ0) is 11.8. The fourth-order valence-corrected chi connectivity index (χ4v) is 2.18. The highest BCUT2D eigenvalue weighted by molar-refractivity contribution is 5.78. The first-order chi connectivity index (χ1) is 8.22. The number of H-pyrrole nitrogens is 1. The molecule has 1 aliphatic rings. The highest BCUT2D eigenvalue weighted by Crippen LogP contribution is 2.25. The maximum Gasteiger partial charge on any atom is 0.108 e. The molecule has 0 unspecified atom stereocenters. The van der Waals surface area contributed by atoms with Crippen molar-refractivity contribution in [2.45, 2.75) is 25.3 Å². The number of rotatable bonds is 4. The molecule has 17 heavy (non-hydrogen) atoms. The van der Waals surface area contributed by atoms with Gasteiger partial charge in [0.1, 0.15) is 5.82 Å². The molecule has 0 aliphatic heterocycles. The zero-order valence-electron chi connectivity index (χ0n) is 10.1. The Balaban J connectivity index is 1.72. The quantitative estimate of drug-likeness (QED) is 0.787. The number of fused-ring (bicyclic) bond motifs is 1. The average Bonchev–Trinajstić information content (AvgIpc) is 3.07. The predicted octanol–water partition coefficient (Wildman–Crippen LogP) is 1.78. The molecule has 1 heterocycles. The van der Waals surface area contributed by atoms with Crippen molar-refractivity contribution in [3.8, 4) is 0 Å². The van der Waals surface area contributed by atoms with Gasteiger partial charge in [0.05, 0.1) is 11.0 Å². The van der Waals surface area contributed by atoms with Gasteiger partial charge in [-0.05, 0) is 38.1 Å². The molecule has 3 N–H and O–H groups in total. The minimum absolute atomic E-state index is 0.780. The van der Waals surface area contributed by atoms with Crippen molar-refractivity contribution in [1.82, 2.24) is 14.9 Å². The third-order valence-electron chi connectivity index (χ3n) is 3.43. The second-order valence-corrected chi connectivity index (χ2v) is 4.92. The molecule has 0 atom stereocenters. The number of hydrogen-bond acceptors (Lipinski definition) is 3. The number of nitrogens with zero attached hydrogens (tertiary/aromatic N) is 2. The lowest BCUT2D eigenvalue weighted by atomic mass is 10.3. The summed E-state index contributed by atoms with van der Waals surface area (Å²) >= 11 is 0. The Hall–Kier alpha value is -1.55. The van der Waals surface area contributed by atoms with Crippen LogP contribution >= 0.6 is 0 Å². The third kappa shape index (κ3) is 2.26. The number of hydrogen-bond donors (Lipinski definition) is 2. The lowest BCUT2D eigenvalue weighted by Crippen LogP contribution is -2.23. The summed E-state index contributed by atoms with van der Waals surface area (Å²) in [6.07, 6.45) is 3.68. The van der Waals surface area contributed by atoms with Gasteiger partial charge in [-0.15, -0.1) is 0 Å². The van der Waals surface area contributed by atoms with Crippen molar-refractivity contribution >= 4 is 16.7 Å². The Kier molecular flexibility index (Phi) is 2.52. The van der Waals surface area contributed by atoms with E-state index in [1.807, 2.05) is 18.2 Å². The van der Waals surface area contributed by atoms with Crippen LogP contribution in [-0.4, -0.2) is 34.5 Å². The summed E-state index contributed by atoms with van der Waals surface area (Å²) < 4.78 is 0. The van der Waals surface area contributed by atoms with Crippen LogP contribution in [0.3, 0.4) is 0 Å². The van der Waals surface area contributed by atoms with E-state index in [2.05, 4.69) is 21.9 Å². The Morgan fingerprint density at radius 3 is 3.06 bits per heavy atom. The van der Waals surface area contributed by atoms with E-state index in [0.717, 1.165) is 41.6 Å². The van der Waals surface area contributed by atoms with Crippen molar-refractivity contribution in [2.24, 2.45) is 0 Å². The summed E-state index contributed by atoms with van der Waals surface area (Å²) in [6, 6.07) is 6.62. The molecule has 2 aromatic rings. The lowest BCUT2D eigenvalue weighted by Gasteiger charge is -2.13. The second kappa shape index (κ2) is 4.04. The third-order valence-corrected chi connectivity index (χ3v) is 3.43. The smallest absolute Gasteiger partial charge is 0.108 e. The molecule has 0 amide bonds. The summed E-state index contributed by atoms with van der Waals surface area (Å²) in [6.45, 7) is 1.07. The first kappa shape index (κ1) is 10.6. The van der Waals surface area contributed by atoms with Gasteiger partial charge in [-0.2, -0.15) is 0 Å². The monoisotopic (exact) mass is 230 g/mol. The van der Waals surface area contributed by atoms with Gasteiger partial charge in [0, 0.05) is 24.7 Å². The van der Waals surface area contributed by atoms with E-state index in [1.165, 1.54) is 12.8 Å². The van der Waals surface area contributed by atoms with Crippen LogP contribution < -0.4 is 5.73 Å². The van der Waals surface area contributed by atoms with Crippen molar-refractivity contribution < 1.29 is 0 Å². The molecule has 1 aromatic heterocycles. The zero-order valence-corrected chi connectivity index (χ0v) is 10.1. The van der Waals surface area contributed by atoms with Crippen LogP contribution in [0.5, 0.6) is 0 Å². The normalized spacial score (nSPS) is 15.9. The Labute approximate surface area is 101 Å². The molecule has 90 valence electrons. The molecule has 1 aromatic carbocycles. The van der Waals surface area contributed by atoms with Gasteiger partial charge in [0.15, 0.2) is 0 Å². The highest BCUT2D eigenvalue weighted by Gasteiger charge is 2.25. The van der Waals surface area contributed by atoms with Gasteiger partial charge in [-0.1, -0.05) is 0 Å². The number of anilines is 1. The molecule has 1 fully saturated rings. The first-order valence-electron chi connectivity index (χ1n) is 6.17. The van der Waals surface area contributed by atoms with Crippen molar-refractivity contribution in [1.29, 1.82) is 0 Å². The largest absolute Gasteiger partial charge is 0.399 e. The molecule has 0 saturated heterocycles. The molecule has 0 radical (unpaired) electrons. The van der Waals surface area contributed by atoms with E-state index in [-0.39, 0.29) is 0 Å². The van der Waals surface area contributed by atoms with E-state index in [1.54, 1.807) is 0 Å². The number of nitrogens with one attached hydrogen (secondary N) is 1. The number of nitrogen functional groups attached to an aromatic ring is 1. The van der Waals surface area contributed by atoms with Gasteiger partial charge in [0.25, 0.3) is 0 Å². The first-order valence-corrected chi connectivity index (χ1v) is 6.17. The maximum atomic E-state index is 5.75. The van der Waals surface area contributed by atoms with Gasteiger partial charge < -0.3 is 15.6 Å². The van der Waals surface area contributed by atoms with Crippen LogP contribution in [0.15, 0.2) is 18.2 Å². The van der Waals surface area contributed by atoms with Gasteiger partial charge in [-0.3, -0.25) is 0 Å². The van der Waals surface area contributed by atoms with Gasteiger partial charge in [0.2, 0.25) is 0 Å². The van der Waals surface area contributed by atoms with E-state index in [9.17, 15) is 0 Å². The minimum atomic E-state index is 0.780. The number of aromatic nitrogens is 2. The standard InChI is InChI=1S/C13H18N4/c1-17(10-3-4-10)7-6-13-15-11-5-2-9(14)8-12(11)16-13/h2,5,8,10H,3-4,6-7,14H2,1H3,(H,15,16). The Morgan fingerprint density at radius 2 is 2.29 bits per heavy atom. The fourth-order valence-electron chi connectivity index (χ4n) is 2.18. The number of nitrogens with two attached hydrogens (primary N) is 1. The summed E-state index contributed by atoms with van der Waals surface area (Å²) in [5.74, 6) is 1.05. The number of imidazole rings is 1. The molecule has 0 spiro atoms. The Morgan fingerprint density at radius 1 is 1.47 bits per heavy atom. The van der Waals surface area contributed by atoms with E-state index >= 15 is 0 Å². The van der Waals surface area contributed by atoms with Crippen molar-refractivity contribution in [3.63, 3.8) is 0 Å². The van der Waals surface area contributed by atoms with Gasteiger partial charge in [-0.25, -0.2) is 4.98 Å². The van der Waals surface area contributed by atoms with Crippen molar-refractivity contribution in [3.05, 3.63) is 24.0 Å². The molecular weight excluding hydrogens is 212 g/mol. The molecule has 0 bridgehead atoms. The maximum absolute atomic E-state index is 5.75. The fraction of sp³-hybridized carbons (Fsp3) is 0.462. The Bertz CT molecular complexity index is 527. The van der Waals surface area contributed by atoms with Crippen molar-refractivity contribution in [2.75, 3.05) is 19.3 Å². The summed E-state index contributed by atoms with van der Waals surface area (Å²) in [5.41, 5.74) is 8.57. The number of aromatic amines is 1. The summed E-state index contributed by atoms with van der Waals surface area (Å²) in [7, 11) is 2.19.